The minimum absolute atomic E-state index is 0.245. The molecule has 0 bridgehead atoms. The third kappa shape index (κ3) is 5.24. The van der Waals surface area contributed by atoms with E-state index in [1.54, 1.807) is 4.68 Å². The number of benzene rings is 2. The summed E-state index contributed by atoms with van der Waals surface area (Å²) in [6.45, 7) is 4.18. The summed E-state index contributed by atoms with van der Waals surface area (Å²) in [5.74, 6) is -2.32. The summed E-state index contributed by atoms with van der Waals surface area (Å²) in [4.78, 5) is 4.25. The quantitative estimate of drug-likeness (QED) is 0.311. The van der Waals surface area contributed by atoms with Crippen molar-refractivity contribution in [2.75, 3.05) is 0 Å². The first kappa shape index (κ1) is 23.4. The lowest BCUT2D eigenvalue weighted by molar-refractivity contribution is -0.0245. The van der Waals surface area contributed by atoms with E-state index in [2.05, 4.69) is 30.7 Å². The lowest BCUT2D eigenvalue weighted by Crippen LogP contribution is -2.16. The smallest absolute Gasteiger partial charge is 0.245 e. The summed E-state index contributed by atoms with van der Waals surface area (Å²) in [7, 11) is 0. The number of nitrogens with zero attached hydrogens (tertiary/aromatic N) is 6. The van der Waals surface area contributed by atoms with E-state index in [-0.39, 0.29) is 6.42 Å². The Balaban J connectivity index is 1.59. The van der Waals surface area contributed by atoms with Crippen molar-refractivity contribution in [1.29, 1.82) is 0 Å². The van der Waals surface area contributed by atoms with E-state index < -0.39 is 11.7 Å². The topological polar surface area (TPSA) is 85.2 Å². The van der Waals surface area contributed by atoms with E-state index in [4.69, 9.17) is 0 Å². The van der Waals surface area contributed by atoms with Crippen LogP contribution in [0.4, 0.5) is 8.78 Å². The van der Waals surface area contributed by atoms with Gasteiger partial charge in [-0.15, -0.1) is 10.2 Å². The summed E-state index contributed by atoms with van der Waals surface area (Å²) >= 11 is 0. The van der Waals surface area contributed by atoms with Crippen molar-refractivity contribution >= 4 is 0 Å². The Hall–Kier alpha value is -3.75. The second kappa shape index (κ2) is 10.5. The van der Waals surface area contributed by atoms with Gasteiger partial charge < -0.3 is 0 Å². The molecule has 0 aliphatic heterocycles. The van der Waals surface area contributed by atoms with E-state index >= 15 is 0 Å². The highest BCUT2D eigenvalue weighted by Gasteiger charge is 2.36. The fourth-order valence-electron chi connectivity index (χ4n) is 3.72. The number of hydrogen-bond acceptors (Lipinski definition) is 5. The summed E-state index contributed by atoms with van der Waals surface area (Å²) in [5, 5.41) is 18.3. The second-order valence-electron chi connectivity index (χ2n) is 8.08. The predicted octanol–water partition coefficient (Wildman–Crippen LogP) is 5.57. The van der Waals surface area contributed by atoms with Gasteiger partial charge in [-0.05, 0) is 40.5 Å². The Morgan fingerprint density at radius 1 is 1.06 bits per heavy atom. The van der Waals surface area contributed by atoms with Crippen molar-refractivity contribution in [3.63, 3.8) is 0 Å². The molecule has 0 aliphatic rings. The van der Waals surface area contributed by atoms with Gasteiger partial charge in [0.1, 0.15) is 5.82 Å². The van der Waals surface area contributed by atoms with E-state index in [0.29, 0.717) is 37.5 Å². The molecule has 0 saturated heterocycles. The van der Waals surface area contributed by atoms with Crippen molar-refractivity contribution in [3.05, 3.63) is 77.9 Å². The average Bonchev–Trinajstić information content (AvgIpc) is 3.53. The maximum atomic E-state index is 14.6. The Bertz CT molecular complexity index is 1230. The van der Waals surface area contributed by atoms with Crippen LogP contribution in [0.25, 0.3) is 22.5 Å². The monoisotopic (exact) mass is 463 g/mol. The number of hydrogen-bond donors (Lipinski definition) is 1. The normalized spacial score (nSPS) is 12.0. The second-order valence-corrected chi connectivity index (χ2v) is 8.08. The van der Waals surface area contributed by atoms with Gasteiger partial charge in [0.2, 0.25) is 5.82 Å². The molecular formula is C25H27F2N7. The molecule has 0 unspecified atom stereocenters. The highest BCUT2D eigenvalue weighted by atomic mass is 19.3. The molecule has 2 aromatic carbocycles. The molecule has 1 N–H and O–H groups in total. The molecular weight excluding hydrogens is 436 g/mol. The number of tetrazole rings is 1. The molecule has 7 nitrogen and oxygen atoms in total. The lowest BCUT2D eigenvalue weighted by atomic mass is 9.98. The van der Waals surface area contributed by atoms with Crippen LogP contribution in [0.5, 0.6) is 0 Å². The number of aromatic amines is 1. The Labute approximate surface area is 196 Å². The molecule has 0 atom stereocenters. The van der Waals surface area contributed by atoms with E-state index in [0.717, 1.165) is 22.3 Å². The van der Waals surface area contributed by atoms with Crippen LogP contribution in [0, 0.1) is 0 Å². The number of aromatic nitrogens is 7. The van der Waals surface area contributed by atoms with Crippen LogP contribution in [-0.2, 0) is 18.9 Å². The summed E-state index contributed by atoms with van der Waals surface area (Å²) in [6, 6.07) is 15.8. The number of H-pyrrole nitrogens is 1. The van der Waals surface area contributed by atoms with Crippen LogP contribution in [0.3, 0.4) is 0 Å². The third-order valence-corrected chi connectivity index (χ3v) is 5.59. The van der Waals surface area contributed by atoms with Gasteiger partial charge in [-0.1, -0.05) is 74.0 Å². The van der Waals surface area contributed by atoms with Gasteiger partial charge in [0.25, 0.3) is 0 Å². The molecule has 4 rings (SSSR count). The van der Waals surface area contributed by atoms with Gasteiger partial charge in [0.15, 0.2) is 5.82 Å². The molecule has 4 aromatic rings. The Morgan fingerprint density at radius 2 is 1.82 bits per heavy atom. The maximum Gasteiger partial charge on any atom is 0.308 e. The molecule has 0 radical (unpaired) electrons. The first-order valence-electron chi connectivity index (χ1n) is 11.4. The number of rotatable bonds is 10. The number of halogens is 2. The first-order valence-corrected chi connectivity index (χ1v) is 11.4. The van der Waals surface area contributed by atoms with Crippen LogP contribution in [-0.4, -0.2) is 35.4 Å². The average molecular weight is 464 g/mol. The fraction of sp³-hybridized carbons (Fsp3) is 0.320. The molecule has 0 spiro atoms. The van der Waals surface area contributed by atoms with E-state index in [9.17, 15) is 8.78 Å². The lowest BCUT2D eigenvalue weighted by Gasteiger charge is -2.11. The number of allylic oxidation sites excluding steroid dienone is 2. The molecule has 0 fully saturated rings. The zero-order chi connectivity index (χ0) is 24.0. The van der Waals surface area contributed by atoms with Gasteiger partial charge in [-0.2, -0.15) is 8.78 Å². The molecule has 176 valence electrons. The zero-order valence-corrected chi connectivity index (χ0v) is 19.2. The first-order chi connectivity index (χ1) is 16.5. The molecule has 0 saturated carbocycles. The fourth-order valence-corrected chi connectivity index (χ4v) is 3.72. The largest absolute Gasteiger partial charge is 0.308 e. The minimum Gasteiger partial charge on any atom is -0.245 e. The Morgan fingerprint density at radius 3 is 2.50 bits per heavy atom. The summed E-state index contributed by atoms with van der Waals surface area (Å²) in [6.07, 6.45) is 5.04. The van der Waals surface area contributed by atoms with E-state index in [1.807, 2.05) is 74.5 Å². The van der Waals surface area contributed by atoms with Crippen LogP contribution in [0.2, 0.25) is 0 Å². The predicted molar refractivity (Wildman–Crippen MR) is 126 cm³/mol. The van der Waals surface area contributed by atoms with Crippen LogP contribution < -0.4 is 0 Å². The van der Waals surface area contributed by atoms with Gasteiger partial charge >= 0.3 is 5.92 Å². The molecule has 0 aliphatic carbocycles. The highest BCUT2D eigenvalue weighted by molar-refractivity contribution is 5.80. The number of unbranched alkanes of at least 4 members (excludes halogenated alkanes) is 1. The van der Waals surface area contributed by atoms with E-state index in [1.165, 1.54) is 0 Å². The standard InChI is InChI=1S/C25H27F2N7/c1-3-5-15-25(26,27)24-28-22(34(31-24)16-6-4-2)17-18-11-13-19(14-12-18)20-9-7-8-10-21(20)23-29-32-33-30-23/h4,6-14H,3,5,15-17H2,1-2H3,(H,29,30,32,33). The minimum atomic E-state index is -3.03. The van der Waals surface area contributed by atoms with Crippen molar-refractivity contribution in [3.8, 4) is 22.5 Å². The van der Waals surface area contributed by atoms with Crippen molar-refractivity contribution in [1.82, 2.24) is 35.4 Å². The molecule has 9 heteroatoms. The summed E-state index contributed by atoms with van der Waals surface area (Å²) < 4.78 is 30.8. The summed E-state index contributed by atoms with van der Waals surface area (Å²) in [5.41, 5.74) is 3.84. The van der Waals surface area contributed by atoms with Crippen LogP contribution >= 0.6 is 0 Å². The van der Waals surface area contributed by atoms with Gasteiger partial charge in [0.05, 0.1) is 6.54 Å². The number of alkyl halides is 2. The third-order valence-electron chi connectivity index (χ3n) is 5.59. The van der Waals surface area contributed by atoms with Crippen molar-refractivity contribution in [2.45, 2.75) is 52.0 Å². The zero-order valence-electron chi connectivity index (χ0n) is 19.2. The molecule has 0 amide bonds. The van der Waals surface area contributed by atoms with Crippen LogP contribution in [0.1, 0.15) is 50.3 Å². The van der Waals surface area contributed by atoms with Gasteiger partial charge in [-0.3, -0.25) is 0 Å². The SMILES string of the molecule is CC=CCn1nc(C(F)(F)CCCC)nc1Cc1ccc(-c2ccccc2-c2nnn[nH]2)cc1. The van der Waals surface area contributed by atoms with Gasteiger partial charge in [-0.25, -0.2) is 14.8 Å². The maximum absolute atomic E-state index is 14.6. The van der Waals surface area contributed by atoms with Crippen molar-refractivity contribution < 1.29 is 8.78 Å². The number of nitrogens with one attached hydrogen (secondary N) is 1. The van der Waals surface area contributed by atoms with Crippen LogP contribution in [0.15, 0.2) is 60.7 Å². The molecule has 2 aromatic heterocycles. The van der Waals surface area contributed by atoms with Gasteiger partial charge in [0, 0.05) is 18.4 Å². The highest BCUT2D eigenvalue weighted by Crippen LogP contribution is 2.32. The Kier molecular flexibility index (Phi) is 7.20. The molecule has 34 heavy (non-hydrogen) atoms. The van der Waals surface area contributed by atoms with Crippen molar-refractivity contribution in [2.24, 2.45) is 0 Å². The molecule has 2 heterocycles.